The fourth-order valence-electron chi connectivity index (χ4n) is 4.63. The van der Waals surface area contributed by atoms with Gasteiger partial charge in [0.25, 0.3) is 5.91 Å². The third-order valence-electron chi connectivity index (χ3n) is 6.22. The molecule has 1 saturated heterocycles. The number of anilines is 1. The highest BCUT2D eigenvalue weighted by Crippen LogP contribution is 2.47. The summed E-state index contributed by atoms with van der Waals surface area (Å²) >= 11 is 0. The van der Waals surface area contributed by atoms with Crippen LogP contribution in [-0.4, -0.2) is 47.6 Å². The van der Waals surface area contributed by atoms with Gasteiger partial charge in [-0.15, -0.1) is 0 Å². The maximum absolute atomic E-state index is 13.2. The highest BCUT2D eigenvalue weighted by molar-refractivity contribution is 6.07. The molecular weight excluding hydrogens is 404 g/mol. The van der Waals surface area contributed by atoms with Gasteiger partial charge in [0.1, 0.15) is 6.10 Å². The maximum Gasteiger partial charge on any atom is 0.259 e. The smallest absolute Gasteiger partial charge is 0.259 e. The van der Waals surface area contributed by atoms with E-state index in [4.69, 9.17) is 4.74 Å². The number of nitrogens with one attached hydrogen (secondary N) is 1. The van der Waals surface area contributed by atoms with Crippen LogP contribution in [0.3, 0.4) is 0 Å². The van der Waals surface area contributed by atoms with Crippen molar-refractivity contribution in [2.75, 3.05) is 24.6 Å². The Morgan fingerprint density at radius 3 is 2.78 bits per heavy atom. The lowest BCUT2D eigenvalue weighted by molar-refractivity contribution is -0.130. The molecule has 7 heteroatoms. The summed E-state index contributed by atoms with van der Waals surface area (Å²) in [5.41, 5.74) is 3.02. The summed E-state index contributed by atoms with van der Waals surface area (Å²) in [5, 5.41) is 2.97. The molecule has 2 amide bonds. The molecule has 0 saturated carbocycles. The number of pyridine rings is 2. The first kappa shape index (κ1) is 20.3. The Hall–Kier alpha value is -3.58. The van der Waals surface area contributed by atoms with Gasteiger partial charge in [-0.3, -0.25) is 19.6 Å². The van der Waals surface area contributed by atoms with Crippen LogP contribution in [0.5, 0.6) is 0 Å². The first-order valence-electron chi connectivity index (χ1n) is 10.8. The highest BCUT2D eigenvalue weighted by atomic mass is 16.5. The molecule has 0 bridgehead atoms. The number of carbonyl (C=O) groups is 2. The van der Waals surface area contributed by atoms with Gasteiger partial charge in [-0.1, -0.05) is 24.3 Å². The number of amides is 2. The maximum atomic E-state index is 13.2. The lowest BCUT2D eigenvalue weighted by Crippen LogP contribution is -2.39. The van der Waals surface area contributed by atoms with Gasteiger partial charge >= 0.3 is 0 Å². The summed E-state index contributed by atoms with van der Waals surface area (Å²) in [6, 6.07) is 17.2. The van der Waals surface area contributed by atoms with Crippen molar-refractivity contribution >= 4 is 17.5 Å². The minimum Gasteiger partial charge on any atom is -0.367 e. The zero-order valence-electron chi connectivity index (χ0n) is 17.6. The number of para-hydroxylation sites is 1. The Balaban J connectivity index is 1.29. The van der Waals surface area contributed by atoms with E-state index in [0.29, 0.717) is 38.1 Å². The van der Waals surface area contributed by atoms with Gasteiger partial charge in [-0.05, 0) is 42.3 Å². The average Bonchev–Trinajstić information content (AvgIpc) is 3.42. The number of hydrogen-bond donors (Lipinski definition) is 1. The van der Waals surface area contributed by atoms with E-state index < -0.39 is 11.5 Å². The molecule has 1 N–H and O–H groups in total. The summed E-state index contributed by atoms with van der Waals surface area (Å²) in [6.07, 6.45) is 5.64. The van der Waals surface area contributed by atoms with Crippen LogP contribution in [0, 0.1) is 0 Å². The molecule has 32 heavy (non-hydrogen) atoms. The van der Waals surface area contributed by atoms with Gasteiger partial charge < -0.3 is 15.0 Å². The number of nitrogens with zero attached hydrogens (tertiary/aromatic N) is 3. The summed E-state index contributed by atoms with van der Waals surface area (Å²) in [4.78, 5) is 36.1. The van der Waals surface area contributed by atoms with Crippen LogP contribution in [-0.2, 0) is 21.4 Å². The van der Waals surface area contributed by atoms with Gasteiger partial charge in [-0.2, -0.15) is 0 Å². The lowest BCUT2D eigenvalue weighted by Gasteiger charge is -2.23. The largest absolute Gasteiger partial charge is 0.367 e. The number of rotatable bonds is 5. The van der Waals surface area contributed by atoms with E-state index in [9.17, 15) is 9.59 Å². The normalized spacial score (nSPS) is 21.5. The summed E-state index contributed by atoms with van der Waals surface area (Å²) < 4.78 is 5.97. The summed E-state index contributed by atoms with van der Waals surface area (Å²) in [5.74, 6) is -0.210. The van der Waals surface area contributed by atoms with Crippen LogP contribution in [0.25, 0.3) is 0 Å². The van der Waals surface area contributed by atoms with E-state index in [0.717, 1.165) is 16.9 Å². The number of carbonyl (C=O) groups excluding carboxylic acids is 2. The van der Waals surface area contributed by atoms with Crippen LogP contribution < -0.4 is 10.2 Å². The second-order valence-corrected chi connectivity index (χ2v) is 8.30. The van der Waals surface area contributed by atoms with E-state index in [-0.39, 0.29) is 11.8 Å². The summed E-state index contributed by atoms with van der Waals surface area (Å²) in [7, 11) is 0. The molecule has 4 heterocycles. The predicted molar refractivity (Wildman–Crippen MR) is 119 cm³/mol. The highest BCUT2D eigenvalue weighted by Gasteiger charge is 2.51. The van der Waals surface area contributed by atoms with Gasteiger partial charge in [0.05, 0.1) is 12.2 Å². The Morgan fingerprint density at radius 1 is 1.09 bits per heavy atom. The van der Waals surface area contributed by atoms with E-state index in [2.05, 4.69) is 15.3 Å². The topological polar surface area (TPSA) is 84.4 Å². The first-order valence-corrected chi connectivity index (χ1v) is 10.8. The molecule has 3 aromatic rings. The van der Waals surface area contributed by atoms with Crippen molar-refractivity contribution in [1.82, 2.24) is 15.3 Å². The van der Waals surface area contributed by atoms with E-state index in [1.807, 2.05) is 42.5 Å². The molecule has 1 aromatic carbocycles. The number of fused-ring (bicyclic) bond motifs is 2. The van der Waals surface area contributed by atoms with Crippen molar-refractivity contribution in [3.63, 3.8) is 0 Å². The van der Waals surface area contributed by atoms with Crippen LogP contribution in [0.4, 0.5) is 5.69 Å². The molecule has 1 spiro atoms. The fourth-order valence-corrected chi connectivity index (χ4v) is 4.63. The zero-order chi connectivity index (χ0) is 22.0. The minimum atomic E-state index is -0.541. The van der Waals surface area contributed by atoms with Crippen molar-refractivity contribution in [2.24, 2.45) is 0 Å². The molecule has 2 aliphatic rings. The van der Waals surface area contributed by atoms with E-state index >= 15 is 0 Å². The van der Waals surface area contributed by atoms with Crippen molar-refractivity contribution < 1.29 is 14.3 Å². The first-order chi connectivity index (χ1) is 15.7. The second-order valence-electron chi connectivity index (χ2n) is 8.30. The van der Waals surface area contributed by atoms with Crippen molar-refractivity contribution in [2.45, 2.75) is 24.4 Å². The fraction of sp³-hybridized carbons (Fsp3) is 0.280. The van der Waals surface area contributed by atoms with Crippen LogP contribution in [0.2, 0.25) is 0 Å². The van der Waals surface area contributed by atoms with Crippen molar-refractivity contribution in [3.8, 4) is 0 Å². The molecule has 2 aromatic heterocycles. The molecule has 0 unspecified atom stereocenters. The molecule has 1 fully saturated rings. The SMILES string of the molecule is O=C(NCCc1ccccn1)[C@@H]1C[C@@]2(CO1)CN(C(=O)c1cccnc1)c1ccccc12. The third kappa shape index (κ3) is 3.76. The molecular formula is C25H24N4O3. The number of benzene rings is 1. The Labute approximate surface area is 186 Å². The van der Waals surface area contributed by atoms with Gasteiger partial charge in [0, 0.05) is 54.9 Å². The van der Waals surface area contributed by atoms with E-state index in [1.54, 1.807) is 35.6 Å². The molecule has 0 radical (unpaired) electrons. The summed E-state index contributed by atoms with van der Waals surface area (Å²) in [6.45, 7) is 1.39. The minimum absolute atomic E-state index is 0.0920. The van der Waals surface area contributed by atoms with Gasteiger partial charge in [-0.25, -0.2) is 0 Å². The number of aromatic nitrogens is 2. The lowest BCUT2D eigenvalue weighted by atomic mass is 9.80. The average molecular weight is 428 g/mol. The quantitative estimate of drug-likeness (QED) is 0.675. The Kier molecular flexibility index (Phi) is 5.41. The number of ether oxygens (including phenoxy) is 1. The predicted octanol–water partition coefficient (Wildman–Crippen LogP) is 2.52. The monoisotopic (exact) mass is 428 g/mol. The van der Waals surface area contributed by atoms with E-state index in [1.165, 1.54) is 0 Å². The molecule has 5 rings (SSSR count). The number of hydrogen-bond acceptors (Lipinski definition) is 5. The van der Waals surface area contributed by atoms with Crippen molar-refractivity contribution in [3.05, 3.63) is 90.0 Å². The molecule has 7 nitrogen and oxygen atoms in total. The standard InChI is InChI=1S/C25H24N4O3/c30-23(28-13-10-19-7-3-4-12-27-19)22-14-25(17-32-22)16-29(21-9-2-1-8-20(21)25)24(31)18-6-5-11-26-15-18/h1-9,11-12,15,22H,10,13-14,16-17H2,(H,28,30)/t22-,25-/m0/s1. The molecule has 0 aliphatic carbocycles. The van der Waals surface area contributed by atoms with Crippen LogP contribution >= 0.6 is 0 Å². The van der Waals surface area contributed by atoms with Gasteiger partial charge in [0.2, 0.25) is 5.91 Å². The van der Waals surface area contributed by atoms with Crippen molar-refractivity contribution in [1.29, 1.82) is 0 Å². The molecule has 2 aliphatic heterocycles. The van der Waals surface area contributed by atoms with Crippen LogP contribution in [0.1, 0.15) is 28.0 Å². The van der Waals surface area contributed by atoms with Crippen LogP contribution in [0.15, 0.2) is 73.2 Å². The Morgan fingerprint density at radius 2 is 1.97 bits per heavy atom. The third-order valence-corrected chi connectivity index (χ3v) is 6.22. The molecule has 162 valence electrons. The van der Waals surface area contributed by atoms with Gasteiger partial charge in [0.15, 0.2) is 0 Å². The Bertz CT molecular complexity index is 1120. The molecule has 2 atom stereocenters. The zero-order valence-corrected chi connectivity index (χ0v) is 17.6. The second kappa shape index (κ2) is 8.51.